The molecule has 2 amide bonds. The van der Waals surface area contributed by atoms with Crippen LogP contribution in [-0.4, -0.2) is 34.3 Å². The van der Waals surface area contributed by atoms with Gasteiger partial charge in [-0.05, 0) is 36.1 Å². The van der Waals surface area contributed by atoms with E-state index in [2.05, 4.69) is 24.1 Å². The van der Waals surface area contributed by atoms with Crippen LogP contribution < -0.4 is 5.32 Å². The van der Waals surface area contributed by atoms with Crippen molar-refractivity contribution in [3.8, 4) is 0 Å². The molecule has 0 unspecified atom stereocenters. The molecule has 1 aliphatic rings. The fourth-order valence-corrected chi connectivity index (χ4v) is 3.33. The molecule has 0 spiro atoms. The van der Waals surface area contributed by atoms with Gasteiger partial charge >= 0.3 is 0 Å². The van der Waals surface area contributed by atoms with Crippen molar-refractivity contribution >= 4 is 11.8 Å². The van der Waals surface area contributed by atoms with Gasteiger partial charge in [-0.3, -0.25) is 14.6 Å². The van der Waals surface area contributed by atoms with Crippen LogP contribution in [0, 0.1) is 5.92 Å². The molecule has 1 aliphatic heterocycles. The van der Waals surface area contributed by atoms with Crippen LogP contribution >= 0.6 is 0 Å². The number of carbonyl (C=O) groups excluding carboxylic acids is 2. The molecular formula is C21H25N3O2. The summed E-state index contributed by atoms with van der Waals surface area (Å²) in [5.41, 5.74) is 2.65. The molecule has 0 saturated carbocycles. The predicted molar refractivity (Wildman–Crippen MR) is 101 cm³/mol. The zero-order chi connectivity index (χ0) is 18.5. The first kappa shape index (κ1) is 18.1. The van der Waals surface area contributed by atoms with Crippen molar-refractivity contribution in [3.63, 3.8) is 0 Å². The van der Waals surface area contributed by atoms with E-state index in [1.807, 2.05) is 42.5 Å². The van der Waals surface area contributed by atoms with Gasteiger partial charge in [-0.2, -0.15) is 0 Å². The molecule has 1 N–H and O–H groups in total. The Labute approximate surface area is 154 Å². The highest BCUT2D eigenvalue weighted by Crippen LogP contribution is 2.26. The summed E-state index contributed by atoms with van der Waals surface area (Å²) in [6.07, 6.45) is 3.07. The maximum atomic E-state index is 12.8. The maximum Gasteiger partial charge on any atom is 0.255 e. The lowest BCUT2D eigenvalue weighted by Gasteiger charge is -2.28. The molecule has 26 heavy (non-hydrogen) atoms. The predicted octanol–water partition coefficient (Wildman–Crippen LogP) is 2.81. The van der Waals surface area contributed by atoms with E-state index in [1.54, 1.807) is 11.1 Å². The second-order valence-corrected chi connectivity index (χ2v) is 7.10. The van der Waals surface area contributed by atoms with Crippen molar-refractivity contribution in [1.29, 1.82) is 0 Å². The van der Waals surface area contributed by atoms with Crippen molar-refractivity contribution in [2.24, 2.45) is 5.92 Å². The van der Waals surface area contributed by atoms with Crippen LogP contribution in [0.1, 0.15) is 41.9 Å². The van der Waals surface area contributed by atoms with E-state index in [1.165, 1.54) is 0 Å². The highest BCUT2D eigenvalue weighted by Gasteiger charge is 2.36. The summed E-state index contributed by atoms with van der Waals surface area (Å²) < 4.78 is 0. The lowest BCUT2D eigenvalue weighted by Crippen LogP contribution is -2.48. The number of nitrogens with one attached hydrogen (secondary N) is 1. The van der Waals surface area contributed by atoms with Gasteiger partial charge in [-0.25, -0.2) is 0 Å². The Balaban J connectivity index is 1.66. The lowest BCUT2D eigenvalue weighted by atomic mass is 10.0. The van der Waals surface area contributed by atoms with Crippen LogP contribution in [0.25, 0.3) is 0 Å². The molecule has 2 aromatic rings. The number of carbonyl (C=O) groups is 2. The van der Waals surface area contributed by atoms with Crippen LogP contribution in [0.2, 0.25) is 0 Å². The Kier molecular flexibility index (Phi) is 5.66. The van der Waals surface area contributed by atoms with Gasteiger partial charge in [-0.15, -0.1) is 0 Å². The number of nitrogens with zero attached hydrogens (tertiary/aromatic N) is 2. The van der Waals surface area contributed by atoms with Crippen LogP contribution in [-0.2, 0) is 17.8 Å². The summed E-state index contributed by atoms with van der Waals surface area (Å²) in [6, 6.07) is 12.9. The average molecular weight is 351 g/mol. The fourth-order valence-electron chi connectivity index (χ4n) is 3.33. The van der Waals surface area contributed by atoms with Crippen LogP contribution in [0.15, 0.2) is 48.7 Å². The summed E-state index contributed by atoms with van der Waals surface area (Å²) in [5.74, 6) is 0.181. The minimum atomic E-state index is -0.446. The minimum absolute atomic E-state index is 0.0499. The third kappa shape index (κ3) is 4.10. The molecule has 0 radical (unpaired) electrons. The van der Waals surface area contributed by atoms with Crippen LogP contribution in [0.3, 0.4) is 0 Å². The molecule has 5 heteroatoms. The third-order valence-electron chi connectivity index (χ3n) is 4.63. The first-order valence-corrected chi connectivity index (χ1v) is 9.12. The molecule has 136 valence electrons. The van der Waals surface area contributed by atoms with Gasteiger partial charge < -0.3 is 10.2 Å². The third-order valence-corrected chi connectivity index (χ3v) is 4.63. The first-order chi connectivity index (χ1) is 12.6. The van der Waals surface area contributed by atoms with Crippen molar-refractivity contribution in [3.05, 3.63) is 65.5 Å². The van der Waals surface area contributed by atoms with E-state index in [-0.39, 0.29) is 11.8 Å². The zero-order valence-corrected chi connectivity index (χ0v) is 15.3. The van der Waals surface area contributed by atoms with E-state index in [4.69, 9.17) is 0 Å². The highest BCUT2D eigenvalue weighted by molar-refractivity contribution is 6.01. The standard InChI is InChI=1S/C21H25N3O2/c1-15(2)13-19(20(25)23-12-10-17-8-5-6-11-22-17)24-14-16-7-3-4-9-18(16)21(24)26/h3-9,11,15,19H,10,12-14H2,1-2H3,(H,23,25)/t19-/m0/s1. The maximum absolute atomic E-state index is 12.8. The zero-order valence-electron chi connectivity index (χ0n) is 15.3. The number of aromatic nitrogens is 1. The first-order valence-electron chi connectivity index (χ1n) is 9.12. The van der Waals surface area contributed by atoms with Gasteiger partial charge in [0.1, 0.15) is 6.04 Å². The molecule has 0 fully saturated rings. The molecule has 2 heterocycles. The van der Waals surface area contributed by atoms with Crippen molar-refractivity contribution < 1.29 is 9.59 Å². The topological polar surface area (TPSA) is 62.3 Å². The van der Waals surface area contributed by atoms with E-state index in [0.717, 1.165) is 11.3 Å². The molecule has 0 bridgehead atoms. The minimum Gasteiger partial charge on any atom is -0.354 e. The van der Waals surface area contributed by atoms with Crippen LogP contribution in [0.4, 0.5) is 0 Å². The molecule has 1 aromatic carbocycles. The molecule has 0 aliphatic carbocycles. The summed E-state index contributed by atoms with van der Waals surface area (Å²) in [5, 5.41) is 2.99. The largest absolute Gasteiger partial charge is 0.354 e. The smallest absolute Gasteiger partial charge is 0.255 e. The SMILES string of the molecule is CC(C)C[C@@H](C(=O)NCCc1ccccn1)N1Cc2ccccc2C1=O. The Hall–Kier alpha value is -2.69. The second kappa shape index (κ2) is 8.13. The summed E-state index contributed by atoms with van der Waals surface area (Å²) in [6.45, 7) is 5.16. The monoisotopic (exact) mass is 351 g/mol. The van der Waals surface area contributed by atoms with Gasteiger partial charge in [0.25, 0.3) is 5.91 Å². The number of amides is 2. The lowest BCUT2D eigenvalue weighted by molar-refractivity contribution is -0.126. The molecule has 5 nitrogen and oxygen atoms in total. The number of hydrogen-bond acceptors (Lipinski definition) is 3. The Morgan fingerprint density at radius 2 is 1.96 bits per heavy atom. The van der Waals surface area contributed by atoms with Gasteiger partial charge in [0.05, 0.1) is 0 Å². The molecule has 1 atom stereocenters. The van der Waals surface area contributed by atoms with E-state index in [0.29, 0.717) is 37.4 Å². The average Bonchev–Trinajstić information content (AvgIpc) is 2.97. The summed E-state index contributed by atoms with van der Waals surface area (Å²) >= 11 is 0. The van der Waals surface area contributed by atoms with Crippen molar-refractivity contribution in [1.82, 2.24) is 15.2 Å². The van der Waals surface area contributed by atoms with Gasteiger partial charge in [0, 0.05) is 37.0 Å². The van der Waals surface area contributed by atoms with Crippen molar-refractivity contribution in [2.75, 3.05) is 6.54 Å². The molecule has 1 aromatic heterocycles. The van der Waals surface area contributed by atoms with Gasteiger partial charge in [0.15, 0.2) is 0 Å². The second-order valence-electron chi connectivity index (χ2n) is 7.10. The molecule has 3 rings (SSSR count). The number of hydrogen-bond donors (Lipinski definition) is 1. The highest BCUT2D eigenvalue weighted by atomic mass is 16.2. The Bertz CT molecular complexity index is 774. The van der Waals surface area contributed by atoms with E-state index in [9.17, 15) is 9.59 Å². The fraction of sp³-hybridized carbons (Fsp3) is 0.381. The summed E-state index contributed by atoms with van der Waals surface area (Å²) in [4.78, 5) is 31.6. The molecular weight excluding hydrogens is 326 g/mol. The Morgan fingerprint density at radius 1 is 1.19 bits per heavy atom. The van der Waals surface area contributed by atoms with Gasteiger partial charge in [-0.1, -0.05) is 38.1 Å². The van der Waals surface area contributed by atoms with Crippen LogP contribution in [0.5, 0.6) is 0 Å². The van der Waals surface area contributed by atoms with E-state index >= 15 is 0 Å². The Morgan fingerprint density at radius 3 is 2.65 bits per heavy atom. The number of rotatable bonds is 7. The number of pyridine rings is 1. The van der Waals surface area contributed by atoms with Gasteiger partial charge in [0.2, 0.25) is 5.91 Å². The van der Waals surface area contributed by atoms with E-state index < -0.39 is 6.04 Å². The summed E-state index contributed by atoms with van der Waals surface area (Å²) in [7, 11) is 0. The number of benzene rings is 1. The molecule has 0 saturated heterocycles. The van der Waals surface area contributed by atoms with Crippen molar-refractivity contribution in [2.45, 2.75) is 39.3 Å². The quantitative estimate of drug-likeness (QED) is 0.834. The normalized spacial score (nSPS) is 14.4. The number of fused-ring (bicyclic) bond motifs is 1.